The van der Waals surface area contributed by atoms with E-state index in [0.717, 1.165) is 23.5 Å². The third-order valence-electron chi connectivity index (χ3n) is 6.32. The Morgan fingerprint density at radius 3 is 2.76 bits per heavy atom. The van der Waals surface area contributed by atoms with Gasteiger partial charge in [0.05, 0.1) is 47.4 Å². The second-order valence-corrected chi connectivity index (χ2v) is 9.44. The van der Waals surface area contributed by atoms with E-state index in [1.807, 2.05) is 54.0 Å². The standard InChI is InChI=1S/C27H29ClN6O4/c1-33(2)12-13-38-27-23(36-3)15-20-24(31-27)16(8-10-29-20)22-14-17-21(9-11-30-26(17)35)34(22)32-19-7-5-6-18(28)25(19)37-4/h5-8,10,14-15,32H,9,11-13H2,1-4H3,(H,30,35). The van der Waals surface area contributed by atoms with Gasteiger partial charge in [0.15, 0.2) is 11.5 Å². The number of likely N-dealkylation sites (N-methyl/N-ethyl adjacent to an activating group) is 1. The average molecular weight is 537 g/mol. The van der Waals surface area contributed by atoms with Gasteiger partial charge in [0.2, 0.25) is 0 Å². The van der Waals surface area contributed by atoms with Gasteiger partial charge in [-0.05, 0) is 38.4 Å². The van der Waals surface area contributed by atoms with Crippen molar-refractivity contribution >= 4 is 34.2 Å². The number of benzene rings is 1. The number of nitrogens with zero attached hydrogens (tertiary/aromatic N) is 4. The highest BCUT2D eigenvalue weighted by Gasteiger charge is 2.27. The van der Waals surface area contributed by atoms with Crippen molar-refractivity contribution in [3.63, 3.8) is 0 Å². The Morgan fingerprint density at radius 1 is 1.16 bits per heavy atom. The first-order valence-corrected chi connectivity index (χ1v) is 12.5. The van der Waals surface area contributed by atoms with Gasteiger partial charge in [-0.3, -0.25) is 19.9 Å². The number of amides is 1. The Kier molecular flexibility index (Phi) is 7.26. The predicted octanol–water partition coefficient (Wildman–Crippen LogP) is 3.87. The van der Waals surface area contributed by atoms with Crippen LogP contribution in [0.15, 0.2) is 42.6 Å². The maximum absolute atomic E-state index is 12.8. The number of carbonyl (C=O) groups is 1. The number of ether oxygens (including phenoxy) is 3. The highest BCUT2D eigenvalue weighted by molar-refractivity contribution is 6.32. The monoisotopic (exact) mass is 536 g/mol. The van der Waals surface area contributed by atoms with Crippen molar-refractivity contribution in [3.8, 4) is 28.6 Å². The number of carbonyl (C=O) groups excluding carboxylic acids is 1. The number of nitrogens with one attached hydrogen (secondary N) is 2. The molecule has 0 saturated carbocycles. The molecular formula is C27H29ClN6O4. The fourth-order valence-electron chi connectivity index (χ4n) is 4.45. The molecule has 0 atom stereocenters. The van der Waals surface area contributed by atoms with Crippen LogP contribution in [0.2, 0.25) is 5.02 Å². The lowest BCUT2D eigenvalue weighted by molar-refractivity contribution is 0.0945. The van der Waals surface area contributed by atoms with Gasteiger partial charge in [-0.15, -0.1) is 0 Å². The van der Waals surface area contributed by atoms with Gasteiger partial charge in [-0.1, -0.05) is 17.7 Å². The molecule has 2 N–H and O–H groups in total. The molecule has 1 amide bonds. The minimum atomic E-state index is -0.133. The van der Waals surface area contributed by atoms with E-state index in [1.54, 1.807) is 26.5 Å². The summed E-state index contributed by atoms with van der Waals surface area (Å²) in [5.41, 5.74) is 8.26. The minimum absolute atomic E-state index is 0.133. The molecule has 0 bridgehead atoms. The summed E-state index contributed by atoms with van der Waals surface area (Å²) in [6.07, 6.45) is 2.35. The van der Waals surface area contributed by atoms with E-state index in [1.165, 1.54) is 0 Å². The van der Waals surface area contributed by atoms with Crippen LogP contribution in [0.1, 0.15) is 16.1 Å². The Balaban J connectivity index is 1.68. The number of fused-ring (bicyclic) bond motifs is 2. The maximum atomic E-state index is 12.8. The highest BCUT2D eigenvalue weighted by atomic mass is 35.5. The second-order valence-electron chi connectivity index (χ2n) is 9.04. The van der Waals surface area contributed by atoms with Gasteiger partial charge in [0, 0.05) is 37.3 Å². The molecule has 1 aromatic carbocycles. The topological polar surface area (TPSA) is 103 Å². The van der Waals surface area contributed by atoms with Crippen molar-refractivity contribution in [3.05, 3.63) is 58.9 Å². The van der Waals surface area contributed by atoms with Gasteiger partial charge in [0.25, 0.3) is 11.8 Å². The fourth-order valence-corrected chi connectivity index (χ4v) is 4.70. The summed E-state index contributed by atoms with van der Waals surface area (Å²) < 4.78 is 19.0. The zero-order chi connectivity index (χ0) is 26.8. The van der Waals surface area contributed by atoms with Crippen LogP contribution in [0.25, 0.3) is 22.3 Å². The Morgan fingerprint density at radius 2 is 2.00 bits per heavy atom. The Bertz CT molecular complexity index is 1500. The maximum Gasteiger partial charge on any atom is 0.257 e. The molecule has 1 aliphatic rings. The largest absolute Gasteiger partial charge is 0.493 e. The van der Waals surface area contributed by atoms with Crippen LogP contribution < -0.4 is 25.0 Å². The Labute approximate surface area is 225 Å². The molecule has 10 nitrogen and oxygen atoms in total. The first kappa shape index (κ1) is 25.6. The number of halogens is 1. The zero-order valence-corrected chi connectivity index (χ0v) is 22.4. The van der Waals surface area contributed by atoms with Crippen molar-refractivity contribution < 1.29 is 19.0 Å². The highest BCUT2D eigenvalue weighted by Crippen LogP contribution is 2.38. The molecule has 4 aromatic rings. The molecule has 1 aliphatic heterocycles. The van der Waals surface area contributed by atoms with Crippen molar-refractivity contribution in [2.75, 3.05) is 53.4 Å². The van der Waals surface area contributed by atoms with E-state index in [0.29, 0.717) is 64.3 Å². The fraction of sp³-hybridized carbons (Fsp3) is 0.296. The van der Waals surface area contributed by atoms with Crippen LogP contribution in [0.5, 0.6) is 17.4 Å². The van der Waals surface area contributed by atoms with E-state index in [9.17, 15) is 4.79 Å². The Hall–Kier alpha value is -4.02. The lowest BCUT2D eigenvalue weighted by atomic mass is 10.1. The van der Waals surface area contributed by atoms with E-state index in [-0.39, 0.29) is 5.91 Å². The molecule has 0 fully saturated rings. The molecule has 5 rings (SSSR count). The van der Waals surface area contributed by atoms with Crippen molar-refractivity contribution in [2.45, 2.75) is 6.42 Å². The number of methoxy groups -OCH3 is 2. The summed E-state index contributed by atoms with van der Waals surface area (Å²) in [5.74, 6) is 1.24. The minimum Gasteiger partial charge on any atom is -0.493 e. The van der Waals surface area contributed by atoms with Crippen molar-refractivity contribution in [2.24, 2.45) is 0 Å². The number of rotatable bonds is 9. The second kappa shape index (κ2) is 10.8. The molecule has 4 heterocycles. The molecule has 0 unspecified atom stereocenters. The number of pyridine rings is 2. The van der Waals surface area contributed by atoms with Crippen LogP contribution in [-0.4, -0.2) is 73.5 Å². The number of para-hydroxylation sites is 1. The van der Waals surface area contributed by atoms with E-state index >= 15 is 0 Å². The van der Waals surface area contributed by atoms with Crippen molar-refractivity contribution in [1.29, 1.82) is 0 Å². The summed E-state index contributed by atoms with van der Waals surface area (Å²) in [7, 11) is 7.10. The first-order valence-electron chi connectivity index (χ1n) is 12.1. The van der Waals surface area contributed by atoms with Crippen molar-refractivity contribution in [1.82, 2.24) is 24.9 Å². The first-order chi connectivity index (χ1) is 18.4. The lowest BCUT2D eigenvalue weighted by Crippen LogP contribution is -2.33. The van der Waals surface area contributed by atoms with Gasteiger partial charge in [-0.2, -0.15) is 0 Å². The summed E-state index contributed by atoms with van der Waals surface area (Å²) in [6.45, 7) is 1.69. The van der Waals surface area contributed by atoms with Gasteiger partial charge in [-0.25, -0.2) is 4.98 Å². The predicted molar refractivity (Wildman–Crippen MR) is 147 cm³/mol. The number of aromatic nitrogens is 3. The molecule has 0 aliphatic carbocycles. The van der Waals surface area contributed by atoms with Gasteiger partial charge in [0.1, 0.15) is 12.1 Å². The number of anilines is 1. The quantitative estimate of drug-likeness (QED) is 0.332. The summed E-state index contributed by atoms with van der Waals surface area (Å²) in [5, 5.41) is 3.40. The van der Waals surface area contributed by atoms with E-state index in [2.05, 4.69) is 15.7 Å². The van der Waals surface area contributed by atoms with E-state index < -0.39 is 0 Å². The SMILES string of the molecule is COc1cc2nccc(-c3cc4c(n3Nc3cccc(Cl)c3OC)CCNC4=O)c2nc1OCCN(C)C. The molecular weight excluding hydrogens is 508 g/mol. The van der Waals surface area contributed by atoms with Crippen LogP contribution >= 0.6 is 11.6 Å². The van der Waals surface area contributed by atoms with Gasteiger partial charge < -0.3 is 24.4 Å². The molecule has 198 valence electrons. The molecule has 0 saturated heterocycles. The normalized spacial score (nSPS) is 12.8. The lowest BCUT2D eigenvalue weighted by Gasteiger charge is -2.21. The number of hydrogen-bond donors (Lipinski definition) is 2. The summed E-state index contributed by atoms with van der Waals surface area (Å²) >= 11 is 6.39. The smallest absolute Gasteiger partial charge is 0.257 e. The van der Waals surface area contributed by atoms with E-state index in [4.69, 9.17) is 30.8 Å². The number of hydrogen-bond acceptors (Lipinski definition) is 8. The molecule has 11 heteroatoms. The third kappa shape index (κ3) is 4.80. The molecule has 0 spiro atoms. The van der Waals surface area contributed by atoms with Crippen LogP contribution in [-0.2, 0) is 6.42 Å². The zero-order valence-electron chi connectivity index (χ0n) is 21.7. The van der Waals surface area contributed by atoms with Gasteiger partial charge >= 0.3 is 0 Å². The molecule has 0 radical (unpaired) electrons. The van der Waals surface area contributed by atoms with Crippen LogP contribution in [0, 0.1) is 0 Å². The molecule has 3 aromatic heterocycles. The average Bonchev–Trinajstić information content (AvgIpc) is 3.27. The summed E-state index contributed by atoms with van der Waals surface area (Å²) in [4.78, 5) is 24.2. The molecule has 38 heavy (non-hydrogen) atoms. The third-order valence-corrected chi connectivity index (χ3v) is 6.61. The summed E-state index contributed by atoms with van der Waals surface area (Å²) in [6, 6.07) is 11.0. The van der Waals surface area contributed by atoms with Crippen LogP contribution in [0.4, 0.5) is 5.69 Å². The van der Waals surface area contributed by atoms with Crippen LogP contribution in [0.3, 0.4) is 0 Å².